The van der Waals surface area contributed by atoms with Gasteiger partial charge in [0.2, 0.25) is 5.91 Å². The summed E-state index contributed by atoms with van der Waals surface area (Å²) in [6.07, 6.45) is -3.09. The van der Waals surface area contributed by atoms with Gasteiger partial charge in [0.25, 0.3) is 5.69 Å². The SMILES string of the molecule is COc1ccc(NC(=O)Cn2nc(C)c3c(C(F)(F)F)cc(C4CC4)nc32)c([N+](=O)[O-])c1. The number of aryl methyl sites for hydroxylation is 1. The Hall–Kier alpha value is -3.70. The highest BCUT2D eigenvalue weighted by molar-refractivity contribution is 5.94. The fourth-order valence-corrected chi connectivity index (χ4v) is 3.52. The van der Waals surface area contributed by atoms with Gasteiger partial charge >= 0.3 is 6.18 Å². The lowest BCUT2D eigenvalue weighted by Gasteiger charge is -2.11. The molecule has 1 aliphatic carbocycles. The van der Waals surface area contributed by atoms with E-state index in [9.17, 15) is 28.1 Å². The van der Waals surface area contributed by atoms with Crippen LogP contribution in [0.25, 0.3) is 11.0 Å². The molecule has 168 valence electrons. The van der Waals surface area contributed by atoms with Crippen LogP contribution < -0.4 is 10.1 Å². The summed E-state index contributed by atoms with van der Waals surface area (Å²) in [4.78, 5) is 27.6. The Bertz CT molecular complexity index is 1230. The Balaban J connectivity index is 1.69. The van der Waals surface area contributed by atoms with E-state index in [4.69, 9.17) is 4.74 Å². The number of hydrogen-bond acceptors (Lipinski definition) is 6. The Kier molecular flexibility index (Phi) is 5.23. The number of halogens is 3. The molecule has 2 aromatic heterocycles. The molecule has 0 aliphatic heterocycles. The lowest BCUT2D eigenvalue weighted by atomic mass is 10.1. The van der Waals surface area contributed by atoms with Gasteiger partial charge in [-0.15, -0.1) is 0 Å². The summed E-state index contributed by atoms with van der Waals surface area (Å²) in [5.74, 6) is -0.505. The maximum absolute atomic E-state index is 13.7. The first-order valence-corrected chi connectivity index (χ1v) is 9.66. The molecule has 3 aromatic rings. The molecule has 4 rings (SSSR count). The number of fused-ring (bicyclic) bond motifs is 1. The van der Waals surface area contributed by atoms with Gasteiger partial charge in [-0.2, -0.15) is 18.3 Å². The highest BCUT2D eigenvalue weighted by atomic mass is 19.4. The number of hydrogen-bond donors (Lipinski definition) is 1. The molecular weight excluding hydrogens is 431 g/mol. The van der Waals surface area contributed by atoms with Crippen molar-refractivity contribution in [1.82, 2.24) is 14.8 Å². The minimum Gasteiger partial charge on any atom is -0.496 e. The molecule has 0 unspecified atom stereocenters. The molecule has 0 atom stereocenters. The van der Waals surface area contributed by atoms with Crippen molar-refractivity contribution in [1.29, 1.82) is 0 Å². The van der Waals surface area contributed by atoms with E-state index in [0.717, 1.165) is 29.7 Å². The molecule has 12 heteroatoms. The predicted molar refractivity (Wildman–Crippen MR) is 108 cm³/mol. The number of carbonyl (C=O) groups excluding carboxylic acids is 1. The van der Waals surface area contributed by atoms with E-state index in [1.807, 2.05) is 0 Å². The molecule has 32 heavy (non-hydrogen) atoms. The molecule has 1 aliphatic rings. The quantitative estimate of drug-likeness (QED) is 0.446. The molecule has 0 radical (unpaired) electrons. The zero-order valence-corrected chi connectivity index (χ0v) is 17.1. The van der Waals surface area contributed by atoms with Gasteiger partial charge < -0.3 is 10.1 Å². The standard InChI is InChI=1S/C20H18F3N5O4/c1-10-18-13(20(21,22)23)8-15(11-3-4-11)25-19(18)27(26-10)9-17(29)24-14-6-5-12(32-2)7-16(14)28(30)31/h5-8,11H,3-4,9H2,1-2H3,(H,24,29). The molecule has 1 amide bonds. The highest BCUT2D eigenvalue weighted by Crippen LogP contribution is 2.43. The molecule has 0 saturated heterocycles. The van der Waals surface area contributed by atoms with Crippen LogP contribution in [0.2, 0.25) is 0 Å². The van der Waals surface area contributed by atoms with Crippen molar-refractivity contribution in [2.45, 2.75) is 38.4 Å². The third-order valence-electron chi connectivity index (χ3n) is 5.17. The first kappa shape index (κ1) is 21.5. The maximum atomic E-state index is 13.7. The summed E-state index contributed by atoms with van der Waals surface area (Å²) in [5, 5.41) is 17.7. The second-order valence-electron chi connectivity index (χ2n) is 7.50. The molecule has 1 fully saturated rings. The number of nitro benzene ring substituents is 1. The molecule has 1 saturated carbocycles. The van der Waals surface area contributed by atoms with Gasteiger partial charge in [-0.3, -0.25) is 14.9 Å². The van der Waals surface area contributed by atoms with Crippen molar-refractivity contribution in [3.63, 3.8) is 0 Å². The zero-order valence-electron chi connectivity index (χ0n) is 17.1. The number of nitrogens with one attached hydrogen (secondary N) is 1. The number of nitrogens with zero attached hydrogens (tertiary/aromatic N) is 4. The van der Waals surface area contributed by atoms with Gasteiger partial charge in [0.15, 0.2) is 5.65 Å². The minimum atomic E-state index is -4.60. The minimum absolute atomic E-state index is 0.0417. The Morgan fingerprint density at radius 3 is 2.66 bits per heavy atom. The summed E-state index contributed by atoms with van der Waals surface area (Å²) in [5.41, 5.74) is -0.926. The number of methoxy groups -OCH3 is 1. The number of ether oxygens (including phenoxy) is 1. The summed E-state index contributed by atoms with van der Waals surface area (Å²) >= 11 is 0. The Morgan fingerprint density at radius 2 is 2.06 bits per heavy atom. The summed E-state index contributed by atoms with van der Waals surface area (Å²) < 4.78 is 47.1. The summed E-state index contributed by atoms with van der Waals surface area (Å²) in [6.45, 7) is 0.949. The number of anilines is 1. The topological polar surface area (TPSA) is 112 Å². The first-order valence-electron chi connectivity index (χ1n) is 9.66. The van der Waals surface area contributed by atoms with Crippen molar-refractivity contribution in [2.24, 2.45) is 0 Å². The lowest BCUT2D eigenvalue weighted by Crippen LogP contribution is -2.20. The molecule has 2 heterocycles. The van der Waals surface area contributed by atoms with Crippen LogP contribution in [-0.2, 0) is 17.5 Å². The Morgan fingerprint density at radius 1 is 1.34 bits per heavy atom. The smallest absolute Gasteiger partial charge is 0.417 e. The zero-order chi connectivity index (χ0) is 23.2. The number of alkyl halides is 3. The third-order valence-corrected chi connectivity index (χ3v) is 5.17. The van der Waals surface area contributed by atoms with E-state index in [2.05, 4.69) is 15.4 Å². The number of nitro groups is 1. The van der Waals surface area contributed by atoms with Crippen LogP contribution >= 0.6 is 0 Å². The van der Waals surface area contributed by atoms with E-state index in [1.54, 1.807) is 0 Å². The molecule has 0 bridgehead atoms. The number of amides is 1. The van der Waals surface area contributed by atoms with Crippen molar-refractivity contribution in [3.05, 3.63) is 51.3 Å². The number of pyridine rings is 1. The molecule has 9 nitrogen and oxygen atoms in total. The second-order valence-corrected chi connectivity index (χ2v) is 7.50. The van der Waals surface area contributed by atoms with Crippen molar-refractivity contribution in [2.75, 3.05) is 12.4 Å². The van der Waals surface area contributed by atoms with Crippen LogP contribution in [-0.4, -0.2) is 32.7 Å². The second kappa shape index (κ2) is 7.77. The van der Waals surface area contributed by atoms with Crippen LogP contribution in [0.1, 0.15) is 35.7 Å². The van der Waals surface area contributed by atoms with Crippen LogP contribution in [0.4, 0.5) is 24.5 Å². The average Bonchev–Trinajstić information content (AvgIpc) is 3.52. The van der Waals surface area contributed by atoms with E-state index in [0.29, 0.717) is 5.69 Å². The summed E-state index contributed by atoms with van der Waals surface area (Å²) in [7, 11) is 1.35. The largest absolute Gasteiger partial charge is 0.496 e. The van der Waals surface area contributed by atoms with Gasteiger partial charge in [-0.25, -0.2) is 9.67 Å². The van der Waals surface area contributed by atoms with Gasteiger partial charge in [0, 0.05) is 11.6 Å². The van der Waals surface area contributed by atoms with E-state index in [-0.39, 0.29) is 39.8 Å². The van der Waals surface area contributed by atoms with E-state index in [1.165, 1.54) is 26.2 Å². The van der Waals surface area contributed by atoms with Gasteiger partial charge in [-0.1, -0.05) is 0 Å². The van der Waals surface area contributed by atoms with Crippen molar-refractivity contribution in [3.8, 4) is 5.75 Å². The lowest BCUT2D eigenvalue weighted by molar-refractivity contribution is -0.384. The fourth-order valence-electron chi connectivity index (χ4n) is 3.52. The fraction of sp³-hybridized carbons (Fsp3) is 0.350. The Labute approximate surface area is 179 Å². The molecular formula is C20H18F3N5O4. The molecule has 0 spiro atoms. The van der Waals surface area contributed by atoms with Gasteiger partial charge in [-0.05, 0) is 38.0 Å². The highest BCUT2D eigenvalue weighted by Gasteiger charge is 2.37. The van der Waals surface area contributed by atoms with Crippen molar-refractivity contribution >= 4 is 28.3 Å². The van der Waals surface area contributed by atoms with Gasteiger partial charge in [0.05, 0.1) is 34.7 Å². The van der Waals surface area contributed by atoms with Crippen LogP contribution in [0.5, 0.6) is 5.75 Å². The number of aromatic nitrogens is 3. The van der Waals surface area contributed by atoms with E-state index < -0.39 is 29.1 Å². The number of rotatable bonds is 6. The predicted octanol–water partition coefficient (Wildman–Crippen LogP) is 4.19. The van der Waals surface area contributed by atoms with Gasteiger partial charge in [0.1, 0.15) is 18.0 Å². The molecule has 1 N–H and O–H groups in total. The molecule has 1 aromatic carbocycles. The van der Waals surface area contributed by atoms with Crippen LogP contribution in [0.3, 0.4) is 0 Å². The van der Waals surface area contributed by atoms with Crippen LogP contribution in [0, 0.1) is 17.0 Å². The normalized spacial score (nSPS) is 13.9. The number of carbonyl (C=O) groups is 1. The van der Waals surface area contributed by atoms with E-state index >= 15 is 0 Å². The monoisotopic (exact) mass is 449 g/mol. The summed E-state index contributed by atoms with van der Waals surface area (Å²) in [6, 6.07) is 4.96. The first-order chi connectivity index (χ1) is 15.1. The van der Waals surface area contributed by atoms with Crippen molar-refractivity contribution < 1.29 is 27.6 Å². The maximum Gasteiger partial charge on any atom is 0.417 e. The van der Waals surface area contributed by atoms with Crippen LogP contribution in [0.15, 0.2) is 24.3 Å². The average molecular weight is 449 g/mol. The third kappa shape index (κ3) is 4.07. The number of benzene rings is 1.